The summed E-state index contributed by atoms with van der Waals surface area (Å²) in [4.78, 5) is 20.3. The van der Waals surface area contributed by atoms with Gasteiger partial charge in [-0.15, -0.1) is 0 Å². The minimum absolute atomic E-state index is 0.0630. The van der Waals surface area contributed by atoms with Gasteiger partial charge in [-0.3, -0.25) is 4.79 Å². The van der Waals surface area contributed by atoms with Crippen LogP contribution in [0.25, 0.3) is 0 Å². The summed E-state index contributed by atoms with van der Waals surface area (Å²) in [5.74, 6) is -0.228. The van der Waals surface area contributed by atoms with Crippen LogP contribution < -0.4 is 10.6 Å². The van der Waals surface area contributed by atoms with Crippen LogP contribution in [0.3, 0.4) is 0 Å². The first-order chi connectivity index (χ1) is 13.8. The fourth-order valence-corrected chi connectivity index (χ4v) is 4.21. The van der Waals surface area contributed by atoms with Gasteiger partial charge in [0.15, 0.2) is 16.1 Å². The lowest BCUT2D eigenvalue weighted by Gasteiger charge is -2.15. The van der Waals surface area contributed by atoms with Crippen LogP contribution in [0.2, 0.25) is 5.02 Å². The predicted molar refractivity (Wildman–Crippen MR) is 110 cm³/mol. The molecule has 1 aliphatic rings. The average molecular weight is 437 g/mol. The van der Waals surface area contributed by atoms with E-state index in [1.54, 1.807) is 31.2 Å². The number of halogens is 1. The zero-order chi connectivity index (χ0) is 21.0. The Morgan fingerprint density at radius 2 is 2.00 bits per heavy atom. The van der Waals surface area contributed by atoms with Crippen molar-refractivity contribution in [2.45, 2.75) is 37.3 Å². The van der Waals surface area contributed by atoms with Gasteiger partial charge in [-0.25, -0.2) is 18.4 Å². The van der Waals surface area contributed by atoms with E-state index >= 15 is 0 Å². The highest BCUT2D eigenvalue weighted by molar-refractivity contribution is 7.95. The molecule has 0 saturated heterocycles. The summed E-state index contributed by atoms with van der Waals surface area (Å²) in [7, 11) is -3.23. The first kappa shape index (κ1) is 21.2. The summed E-state index contributed by atoms with van der Waals surface area (Å²) in [6, 6.07) is 6.35. The topological polar surface area (TPSA) is 121 Å². The molecule has 8 nitrogen and oxygen atoms in total. The van der Waals surface area contributed by atoms with Crippen LogP contribution >= 0.6 is 11.6 Å². The van der Waals surface area contributed by atoms with E-state index in [2.05, 4.69) is 20.6 Å². The van der Waals surface area contributed by atoms with Gasteiger partial charge >= 0.3 is 0 Å². The van der Waals surface area contributed by atoms with Crippen LogP contribution in [-0.4, -0.2) is 40.7 Å². The van der Waals surface area contributed by atoms with Gasteiger partial charge in [0.1, 0.15) is 11.5 Å². The molecule has 2 aromatic rings. The molecule has 1 amide bonds. The number of anilines is 1. The molecule has 1 aromatic heterocycles. The van der Waals surface area contributed by atoms with Crippen molar-refractivity contribution >= 4 is 33.2 Å². The summed E-state index contributed by atoms with van der Waals surface area (Å²) in [6.07, 6.45) is 4.30. The third-order valence-corrected chi connectivity index (χ3v) is 6.55. The second kappa shape index (κ2) is 8.89. The van der Waals surface area contributed by atoms with Crippen LogP contribution in [0.1, 0.15) is 42.0 Å². The highest BCUT2D eigenvalue weighted by atomic mass is 35.5. The number of sulfone groups is 1. The van der Waals surface area contributed by atoms with Crippen LogP contribution in [0, 0.1) is 0 Å². The van der Waals surface area contributed by atoms with Crippen LogP contribution in [-0.2, 0) is 9.84 Å². The number of carbonyl (C=O) groups is 1. The van der Waals surface area contributed by atoms with E-state index in [0.717, 1.165) is 5.41 Å². The summed E-state index contributed by atoms with van der Waals surface area (Å²) in [5.41, 5.74) is 0.549. The fourth-order valence-electron chi connectivity index (χ4n) is 2.50. The van der Waals surface area contributed by atoms with E-state index in [0.29, 0.717) is 23.4 Å². The Kier molecular flexibility index (Phi) is 6.51. The zero-order valence-electron chi connectivity index (χ0n) is 15.6. The van der Waals surface area contributed by atoms with Gasteiger partial charge in [0, 0.05) is 22.0 Å². The molecule has 2 atom stereocenters. The third kappa shape index (κ3) is 5.75. The van der Waals surface area contributed by atoms with Gasteiger partial charge < -0.3 is 15.7 Å². The van der Waals surface area contributed by atoms with Gasteiger partial charge in [0.25, 0.3) is 5.91 Å². The first-order valence-electron chi connectivity index (χ1n) is 9.00. The normalized spacial score (nSPS) is 16.4. The van der Waals surface area contributed by atoms with Crippen molar-refractivity contribution in [2.75, 3.05) is 5.32 Å². The summed E-state index contributed by atoms with van der Waals surface area (Å²) < 4.78 is 23.7. The maximum Gasteiger partial charge on any atom is 0.271 e. The van der Waals surface area contributed by atoms with E-state index in [1.165, 1.54) is 18.5 Å². The van der Waals surface area contributed by atoms with Crippen LogP contribution in [0.15, 0.2) is 48.1 Å². The van der Waals surface area contributed by atoms with Crippen molar-refractivity contribution in [3.63, 3.8) is 0 Å². The number of hydrogen-bond donors (Lipinski definition) is 3. The molecule has 10 heteroatoms. The molecule has 3 rings (SSSR count). The number of aliphatic hydroxyl groups is 1. The number of rotatable bonds is 8. The largest absolute Gasteiger partial charge is 0.369 e. The molecule has 1 aromatic carbocycles. The summed E-state index contributed by atoms with van der Waals surface area (Å²) in [6.45, 7) is 1.67. The Hall–Kier alpha value is -2.49. The SMILES string of the molecule is C[C@H](/C=C/S(=O)(=O)C1CC1)NC(=O)c1cnc(N[C@@H](O)c2ccccc2Cl)cn1. The number of benzene rings is 1. The van der Waals surface area contributed by atoms with Gasteiger partial charge in [-0.05, 0) is 25.8 Å². The Bertz CT molecular complexity index is 1010. The third-order valence-electron chi connectivity index (χ3n) is 4.27. The molecule has 0 unspecified atom stereocenters. The lowest BCUT2D eigenvalue weighted by molar-refractivity contribution is 0.0941. The second-order valence-electron chi connectivity index (χ2n) is 6.73. The molecule has 0 radical (unpaired) electrons. The number of carbonyl (C=O) groups excluding carboxylic acids is 1. The second-order valence-corrected chi connectivity index (χ2v) is 9.26. The van der Waals surface area contributed by atoms with E-state index in [4.69, 9.17) is 11.6 Å². The van der Waals surface area contributed by atoms with E-state index in [-0.39, 0.29) is 16.8 Å². The molecule has 3 N–H and O–H groups in total. The van der Waals surface area contributed by atoms with Crippen molar-refractivity contribution in [3.05, 3.63) is 64.4 Å². The minimum Gasteiger partial charge on any atom is -0.369 e. The number of nitrogens with one attached hydrogen (secondary N) is 2. The standard InChI is InChI=1S/C19H21ClN4O4S/c1-12(8-9-29(27,28)13-6-7-13)23-19(26)16-10-22-17(11-21-16)24-18(25)14-4-2-3-5-15(14)20/h2-5,8-13,18,25H,6-7H2,1H3,(H,22,24)(H,23,26)/b9-8+/t12-,18+/m1/s1. The molecule has 0 spiro atoms. The Morgan fingerprint density at radius 3 is 2.62 bits per heavy atom. The lowest BCUT2D eigenvalue weighted by atomic mass is 10.2. The molecular formula is C19H21ClN4O4S. The highest BCUT2D eigenvalue weighted by Crippen LogP contribution is 2.29. The molecule has 1 aliphatic carbocycles. The van der Waals surface area contributed by atoms with E-state index < -0.39 is 28.0 Å². The predicted octanol–water partition coefficient (Wildman–Crippen LogP) is 2.44. The molecule has 154 valence electrons. The maximum absolute atomic E-state index is 12.2. The molecule has 0 bridgehead atoms. The van der Waals surface area contributed by atoms with Crippen LogP contribution in [0.5, 0.6) is 0 Å². The highest BCUT2D eigenvalue weighted by Gasteiger charge is 2.33. The van der Waals surface area contributed by atoms with Gasteiger partial charge in [-0.1, -0.05) is 35.9 Å². The summed E-state index contributed by atoms with van der Waals surface area (Å²) >= 11 is 6.04. The molecule has 29 heavy (non-hydrogen) atoms. The van der Waals surface area contributed by atoms with Crippen molar-refractivity contribution in [3.8, 4) is 0 Å². The first-order valence-corrected chi connectivity index (χ1v) is 11.0. The van der Waals surface area contributed by atoms with Crippen molar-refractivity contribution < 1.29 is 18.3 Å². The lowest BCUT2D eigenvalue weighted by Crippen LogP contribution is -2.32. The quantitative estimate of drug-likeness (QED) is 0.543. The van der Waals surface area contributed by atoms with Gasteiger partial charge in [0.2, 0.25) is 0 Å². The smallest absolute Gasteiger partial charge is 0.271 e. The molecule has 0 aliphatic heterocycles. The zero-order valence-corrected chi connectivity index (χ0v) is 17.2. The van der Waals surface area contributed by atoms with Gasteiger partial charge in [0.05, 0.1) is 17.6 Å². The van der Waals surface area contributed by atoms with E-state index in [9.17, 15) is 18.3 Å². The number of aliphatic hydroxyl groups excluding tert-OH is 1. The molecule has 1 fully saturated rings. The maximum atomic E-state index is 12.2. The molecule has 1 heterocycles. The Labute approximate surface area is 174 Å². The number of aromatic nitrogens is 2. The van der Waals surface area contributed by atoms with Crippen molar-refractivity contribution in [2.24, 2.45) is 0 Å². The average Bonchev–Trinajstić information content (AvgIpc) is 3.53. The monoisotopic (exact) mass is 436 g/mol. The molecule has 1 saturated carbocycles. The number of amides is 1. The Balaban J connectivity index is 1.57. The van der Waals surface area contributed by atoms with Crippen molar-refractivity contribution in [1.29, 1.82) is 0 Å². The summed E-state index contributed by atoms with van der Waals surface area (Å²) in [5, 5.41) is 16.9. The number of hydrogen-bond acceptors (Lipinski definition) is 7. The van der Waals surface area contributed by atoms with Gasteiger partial charge in [-0.2, -0.15) is 0 Å². The Morgan fingerprint density at radius 1 is 1.28 bits per heavy atom. The number of nitrogens with zero attached hydrogens (tertiary/aromatic N) is 2. The minimum atomic E-state index is -3.23. The fraction of sp³-hybridized carbons (Fsp3) is 0.316. The van der Waals surface area contributed by atoms with Crippen LogP contribution in [0.4, 0.5) is 5.82 Å². The van der Waals surface area contributed by atoms with Crippen molar-refractivity contribution in [1.82, 2.24) is 15.3 Å². The van der Waals surface area contributed by atoms with E-state index in [1.807, 2.05) is 0 Å². The molecular weight excluding hydrogens is 416 g/mol.